The van der Waals surface area contributed by atoms with Crippen molar-refractivity contribution in [1.29, 1.82) is 0 Å². The Balaban J connectivity index is 2.11. The highest BCUT2D eigenvalue weighted by Gasteiger charge is 2.30. The lowest BCUT2D eigenvalue weighted by atomic mass is 9.93. The molecule has 2 rings (SSSR count). The summed E-state index contributed by atoms with van der Waals surface area (Å²) in [6.07, 6.45) is -0.0301. The van der Waals surface area contributed by atoms with Crippen molar-refractivity contribution in [3.63, 3.8) is 0 Å². The Labute approximate surface area is 134 Å². The van der Waals surface area contributed by atoms with Gasteiger partial charge in [0.1, 0.15) is 0 Å². The zero-order valence-electron chi connectivity index (χ0n) is 11.8. The lowest BCUT2D eigenvalue weighted by Gasteiger charge is -2.35. The fourth-order valence-corrected chi connectivity index (χ4v) is 3.20. The Morgan fingerprint density at radius 1 is 1.29 bits per heavy atom. The Morgan fingerprint density at radius 3 is 2.48 bits per heavy atom. The third-order valence-corrected chi connectivity index (χ3v) is 4.32. The molecule has 0 unspecified atom stereocenters. The minimum Gasteiger partial charge on any atom is -0.393 e. The maximum absolute atomic E-state index is 12.4. The normalized spacial score (nSPS) is 22.0. The number of nitrogens with zero attached hydrogens (tertiary/aromatic N) is 1. The minimum atomic E-state index is -1.28. The van der Waals surface area contributed by atoms with Gasteiger partial charge in [-0.25, -0.2) is 0 Å². The summed E-state index contributed by atoms with van der Waals surface area (Å²) >= 11 is 11.8. The van der Waals surface area contributed by atoms with Crippen LogP contribution < -0.4 is 0 Å². The monoisotopic (exact) mass is 331 g/mol. The molecule has 1 aliphatic heterocycles. The SMILES string of the molecule is C[C@H](O)[C@@H]1CCCN(C(=O)[C@H](O)c2cc(Cl)cc(Cl)c2)C1. The first-order chi connectivity index (χ1) is 9.88. The van der Waals surface area contributed by atoms with Gasteiger partial charge < -0.3 is 15.1 Å². The molecule has 0 radical (unpaired) electrons. The number of halogens is 2. The number of piperidine rings is 1. The summed E-state index contributed by atoms with van der Waals surface area (Å²) in [5.41, 5.74) is 0.386. The Bertz CT molecular complexity index is 501. The van der Waals surface area contributed by atoms with Crippen molar-refractivity contribution in [3.8, 4) is 0 Å². The van der Waals surface area contributed by atoms with Gasteiger partial charge in [0.2, 0.25) is 0 Å². The second-order valence-corrected chi connectivity index (χ2v) is 6.41. The van der Waals surface area contributed by atoms with E-state index in [0.29, 0.717) is 28.7 Å². The van der Waals surface area contributed by atoms with Crippen LogP contribution in [0.25, 0.3) is 0 Å². The molecular formula is C15H19Cl2NO3. The fourth-order valence-electron chi connectivity index (χ4n) is 2.65. The molecule has 0 aromatic heterocycles. The number of carbonyl (C=O) groups excluding carboxylic acids is 1. The van der Waals surface area contributed by atoms with E-state index in [4.69, 9.17) is 23.2 Å². The number of aliphatic hydroxyl groups excluding tert-OH is 2. The zero-order chi connectivity index (χ0) is 15.6. The average Bonchev–Trinajstić information content (AvgIpc) is 2.44. The number of aliphatic hydroxyl groups is 2. The predicted octanol–water partition coefficient (Wildman–Crippen LogP) is 2.65. The molecule has 0 spiro atoms. The second kappa shape index (κ2) is 6.97. The maximum Gasteiger partial charge on any atom is 0.256 e. The molecule has 1 amide bonds. The molecule has 6 heteroatoms. The van der Waals surface area contributed by atoms with Gasteiger partial charge in [0.15, 0.2) is 6.10 Å². The standard InChI is InChI=1S/C15H19Cl2NO3/c1-9(19)10-3-2-4-18(8-10)15(21)14(20)11-5-12(16)7-13(17)6-11/h5-7,9-10,14,19-20H,2-4,8H2,1H3/t9-,10+,14+/m0/s1. The van der Waals surface area contributed by atoms with Crippen LogP contribution in [0.4, 0.5) is 0 Å². The Hall–Kier alpha value is -0.810. The topological polar surface area (TPSA) is 60.8 Å². The number of hydrogen-bond donors (Lipinski definition) is 2. The molecule has 3 atom stereocenters. The second-order valence-electron chi connectivity index (χ2n) is 5.53. The van der Waals surface area contributed by atoms with Crippen LogP contribution in [0.15, 0.2) is 18.2 Å². The summed E-state index contributed by atoms with van der Waals surface area (Å²) in [7, 11) is 0. The summed E-state index contributed by atoms with van der Waals surface area (Å²) in [5, 5.41) is 20.7. The maximum atomic E-state index is 12.4. The van der Waals surface area contributed by atoms with Gasteiger partial charge in [0.25, 0.3) is 5.91 Å². The lowest BCUT2D eigenvalue weighted by molar-refractivity contribution is -0.143. The molecule has 0 bridgehead atoms. The molecule has 2 N–H and O–H groups in total. The molecule has 1 saturated heterocycles. The zero-order valence-corrected chi connectivity index (χ0v) is 13.3. The van der Waals surface area contributed by atoms with E-state index in [1.807, 2.05) is 0 Å². The van der Waals surface area contributed by atoms with Gasteiger partial charge in [-0.15, -0.1) is 0 Å². The molecule has 0 saturated carbocycles. The number of rotatable bonds is 3. The summed E-state index contributed by atoms with van der Waals surface area (Å²) in [6.45, 7) is 2.78. The van der Waals surface area contributed by atoms with Gasteiger partial charge in [0, 0.05) is 29.1 Å². The van der Waals surface area contributed by atoms with E-state index >= 15 is 0 Å². The quantitative estimate of drug-likeness (QED) is 0.895. The number of carbonyl (C=O) groups is 1. The highest BCUT2D eigenvalue weighted by atomic mass is 35.5. The molecular weight excluding hydrogens is 313 g/mol. The van der Waals surface area contributed by atoms with E-state index in [1.165, 1.54) is 12.1 Å². The van der Waals surface area contributed by atoms with Crippen LogP contribution in [0.5, 0.6) is 0 Å². The highest BCUT2D eigenvalue weighted by molar-refractivity contribution is 6.34. The Kier molecular flexibility index (Phi) is 5.49. The van der Waals surface area contributed by atoms with Crippen molar-refractivity contribution in [3.05, 3.63) is 33.8 Å². The van der Waals surface area contributed by atoms with Gasteiger partial charge in [0.05, 0.1) is 6.10 Å². The van der Waals surface area contributed by atoms with Crippen molar-refractivity contribution in [1.82, 2.24) is 4.90 Å². The first-order valence-corrected chi connectivity index (χ1v) is 7.75. The third kappa shape index (κ3) is 4.10. The van der Waals surface area contributed by atoms with Crippen LogP contribution in [-0.4, -0.2) is 40.2 Å². The van der Waals surface area contributed by atoms with Crippen molar-refractivity contribution >= 4 is 29.1 Å². The average molecular weight is 332 g/mol. The van der Waals surface area contributed by atoms with Crippen LogP contribution in [-0.2, 0) is 4.79 Å². The van der Waals surface area contributed by atoms with Crippen molar-refractivity contribution in [2.75, 3.05) is 13.1 Å². The minimum absolute atomic E-state index is 0.0536. The van der Waals surface area contributed by atoms with Crippen LogP contribution in [0, 0.1) is 5.92 Å². The molecule has 21 heavy (non-hydrogen) atoms. The number of hydrogen-bond acceptors (Lipinski definition) is 3. The first-order valence-electron chi connectivity index (χ1n) is 6.99. The molecule has 1 aromatic rings. The highest BCUT2D eigenvalue weighted by Crippen LogP contribution is 2.27. The van der Waals surface area contributed by atoms with E-state index < -0.39 is 12.2 Å². The van der Waals surface area contributed by atoms with E-state index in [0.717, 1.165) is 12.8 Å². The third-order valence-electron chi connectivity index (χ3n) is 3.89. The predicted molar refractivity (Wildman–Crippen MR) is 82.4 cm³/mol. The van der Waals surface area contributed by atoms with E-state index in [2.05, 4.69) is 0 Å². The molecule has 116 valence electrons. The van der Waals surface area contributed by atoms with Crippen LogP contribution in [0.2, 0.25) is 10.0 Å². The van der Waals surface area contributed by atoms with Crippen LogP contribution in [0.1, 0.15) is 31.4 Å². The van der Waals surface area contributed by atoms with Gasteiger partial charge in [-0.2, -0.15) is 0 Å². The van der Waals surface area contributed by atoms with Gasteiger partial charge in [-0.05, 0) is 43.5 Å². The van der Waals surface area contributed by atoms with Gasteiger partial charge >= 0.3 is 0 Å². The van der Waals surface area contributed by atoms with E-state index in [9.17, 15) is 15.0 Å². The van der Waals surface area contributed by atoms with Crippen LogP contribution >= 0.6 is 23.2 Å². The summed E-state index contributed by atoms with van der Waals surface area (Å²) in [4.78, 5) is 14.0. The molecule has 4 nitrogen and oxygen atoms in total. The summed E-state index contributed by atoms with van der Waals surface area (Å²) in [5.74, 6) is -0.323. The molecule has 1 heterocycles. The summed E-state index contributed by atoms with van der Waals surface area (Å²) in [6, 6.07) is 4.62. The first kappa shape index (κ1) is 16.6. The molecule has 1 aromatic carbocycles. The van der Waals surface area contributed by atoms with E-state index in [1.54, 1.807) is 17.9 Å². The van der Waals surface area contributed by atoms with Crippen LogP contribution in [0.3, 0.4) is 0 Å². The molecule has 0 aliphatic carbocycles. The van der Waals surface area contributed by atoms with Gasteiger partial charge in [-0.3, -0.25) is 4.79 Å². The largest absolute Gasteiger partial charge is 0.393 e. The van der Waals surface area contributed by atoms with Crippen molar-refractivity contribution < 1.29 is 15.0 Å². The number of likely N-dealkylation sites (tertiary alicyclic amines) is 1. The van der Waals surface area contributed by atoms with Gasteiger partial charge in [-0.1, -0.05) is 23.2 Å². The fraction of sp³-hybridized carbons (Fsp3) is 0.533. The lowest BCUT2D eigenvalue weighted by Crippen LogP contribution is -2.44. The van der Waals surface area contributed by atoms with Crippen molar-refractivity contribution in [2.45, 2.75) is 32.0 Å². The van der Waals surface area contributed by atoms with E-state index in [-0.39, 0.29) is 11.8 Å². The number of amides is 1. The number of benzene rings is 1. The smallest absolute Gasteiger partial charge is 0.256 e. The summed E-state index contributed by atoms with van der Waals surface area (Å²) < 4.78 is 0. The molecule has 1 aliphatic rings. The molecule has 1 fully saturated rings. The Morgan fingerprint density at radius 2 is 1.90 bits per heavy atom. The van der Waals surface area contributed by atoms with Crippen molar-refractivity contribution in [2.24, 2.45) is 5.92 Å².